The van der Waals surface area contributed by atoms with Crippen LogP contribution in [0.2, 0.25) is 0 Å². The number of guanidine groups is 1. The number of ether oxygens (including phenoxy) is 2. The maximum atomic E-state index is 5.73. The molecule has 0 amide bonds. The van der Waals surface area contributed by atoms with Crippen LogP contribution in [0, 0.1) is 5.92 Å². The number of likely N-dealkylation sites (N-methyl/N-ethyl adjacent to an activating group) is 1. The van der Waals surface area contributed by atoms with Crippen molar-refractivity contribution in [3.63, 3.8) is 0 Å². The lowest BCUT2D eigenvalue weighted by atomic mass is 9.99. The number of hydrogen-bond acceptors (Lipinski definition) is 4. The highest BCUT2D eigenvalue weighted by molar-refractivity contribution is 14.0. The molecule has 0 radical (unpaired) electrons. The van der Waals surface area contributed by atoms with E-state index in [1.807, 2.05) is 7.05 Å². The number of aliphatic imine (C=N–C) groups is 1. The number of rotatable bonds is 9. The smallest absolute Gasteiger partial charge is 0.193 e. The van der Waals surface area contributed by atoms with E-state index in [9.17, 15) is 0 Å². The van der Waals surface area contributed by atoms with Gasteiger partial charge in [0.1, 0.15) is 0 Å². The Hall–Kier alpha value is 0.270. The van der Waals surface area contributed by atoms with Crippen molar-refractivity contribution in [2.24, 2.45) is 10.9 Å². The quantitative estimate of drug-likeness (QED) is 0.243. The fourth-order valence-corrected chi connectivity index (χ4v) is 4.13. The van der Waals surface area contributed by atoms with E-state index in [1.54, 1.807) is 0 Å². The average Bonchev–Trinajstić information content (AvgIpc) is 3.38. The van der Waals surface area contributed by atoms with Crippen LogP contribution in [0.4, 0.5) is 0 Å². The van der Waals surface area contributed by atoms with Crippen molar-refractivity contribution in [2.75, 3.05) is 59.4 Å². The molecule has 142 valence electrons. The molecular weight excluding hydrogens is 437 g/mol. The Kier molecular flexibility index (Phi) is 11.0. The fourth-order valence-electron chi connectivity index (χ4n) is 2.89. The second kappa shape index (κ2) is 11.8. The zero-order valence-electron chi connectivity index (χ0n) is 15.4. The van der Waals surface area contributed by atoms with Crippen LogP contribution in [-0.4, -0.2) is 75.0 Å². The summed E-state index contributed by atoms with van der Waals surface area (Å²) in [7, 11) is 3.94. The molecule has 1 N–H and O–H groups in total. The van der Waals surface area contributed by atoms with E-state index in [4.69, 9.17) is 9.47 Å². The van der Waals surface area contributed by atoms with E-state index in [1.165, 1.54) is 12.8 Å². The van der Waals surface area contributed by atoms with Crippen molar-refractivity contribution >= 4 is 41.7 Å². The van der Waals surface area contributed by atoms with Gasteiger partial charge in [0.15, 0.2) is 5.96 Å². The van der Waals surface area contributed by atoms with E-state index in [2.05, 4.69) is 40.9 Å². The molecule has 0 aromatic carbocycles. The van der Waals surface area contributed by atoms with E-state index in [0.29, 0.717) is 0 Å². The van der Waals surface area contributed by atoms with Crippen molar-refractivity contribution in [2.45, 2.75) is 37.4 Å². The summed E-state index contributed by atoms with van der Waals surface area (Å²) in [6.07, 6.45) is 4.92. The maximum absolute atomic E-state index is 5.73. The van der Waals surface area contributed by atoms with Gasteiger partial charge in [0.25, 0.3) is 0 Å². The van der Waals surface area contributed by atoms with Crippen LogP contribution < -0.4 is 5.32 Å². The van der Waals surface area contributed by atoms with Crippen LogP contribution in [0.3, 0.4) is 0 Å². The van der Waals surface area contributed by atoms with E-state index in [0.717, 1.165) is 70.0 Å². The molecule has 2 fully saturated rings. The summed E-state index contributed by atoms with van der Waals surface area (Å²) in [5, 5.41) is 3.57. The number of hydrogen-bond donors (Lipinski definition) is 1. The molecule has 0 atom stereocenters. The highest BCUT2D eigenvalue weighted by Crippen LogP contribution is 2.34. The summed E-state index contributed by atoms with van der Waals surface area (Å²) in [4.78, 5) is 6.59. The monoisotopic (exact) mass is 471 g/mol. The molecule has 1 saturated heterocycles. The first-order valence-corrected chi connectivity index (χ1v) is 9.89. The highest BCUT2D eigenvalue weighted by Gasteiger charge is 2.33. The maximum Gasteiger partial charge on any atom is 0.193 e. The molecule has 2 aliphatic rings. The van der Waals surface area contributed by atoms with Gasteiger partial charge in [-0.1, -0.05) is 6.92 Å². The van der Waals surface area contributed by atoms with Gasteiger partial charge in [0, 0.05) is 51.8 Å². The lowest BCUT2D eigenvalue weighted by Crippen LogP contribution is -2.49. The van der Waals surface area contributed by atoms with Gasteiger partial charge >= 0.3 is 0 Å². The molecule has 0 bridgehead atoms. The molecule has 5 nitrogen and oxygen atoms in total. The van der Waals surface area contributed by atoms with Crippen molar-refractivity contribution in [1.82, 2.24) is 10.2 Å². The zero-order chi connectivity index (χ0) is 16.5. The normalized spacial score (nSPS) is 20.4. The first kappa shape index (κ1) is 22.3. The summed E-state index contributed by atoms with van der Waals surface area (Å²) in [6, 6.07) is 0. The van der Waals surface area contributed by atoms with Gasteiger partial charge in [-0.15, -0.1) is 24.0 Å². The van der Waals surface area contributed by atoms with Gasteiger partial charge in [-0.3, -0.25) is 4.99 Å². The van der Waals surface area contributed by atoms with Crippen LogP contribution >= 0.6 is 35.7 Å². The van der Waals surface area contributed by atoms with Gasteiger partial charge in [-0.05, 0) is 37.4 Å². The third kappa shape index (κ3) is 7.66. The second-order valence-corrected chi connectivity index (χ2v) is 8.30. The van der Waals surface area contributed by atoms with Crippen LogP contribution in [0.1, 0.15) is 32.6 Å². The minimum absolute atomic E-state index is 0. The van der Waals surface area contributed by atoms with Crippen LogP contribution in [0.15, 0.2) is 4.99 Å². The standard InChI is InChI=1S/C17H33N3O2S.HI/c1-4-23-17(7-10-21-11-8-17)14-19-16(18-2)20(3)9-12-22-13-15-5-6-15;/h15H,4-14H2,1-3H3,(H,18,19);1H. The Labute approximate surface area is 168 Å². The van der Waals surface area contributed by atoms with Crippen molar-refractivity contribution in [1.29, 1.82) is 0 Å². The minimum Gasteiger partial charge on any atom is -0.381 e. The lowest BCUT2D eigenvalue weighted by molar-refractivity contribution is 0.0779. The highest BCUT2D eigenvalue weighted by atomic mass is 127. The first-order chi connectivity index (χ1) is 11.2. The predicted octanol–water partition coefficient (Wildman–Crippen LogP) is 2.84. The molecule has 1 heterocycles. The van der Waals surface area contributed by atoms with Gasteiger partial charge in [0.05, 0.1) is 6.61 Å². The Morgan fingerprint density at radius 3 is 2.67 bits per heavy atom. The summed E-state index contributed by atoms with van der Waals surface area (Å²) in [5.41, 5.74) is 0. The Bertz CT molecular complexity index is 369. The van der Waals surface area contributed by atoms with Crippen LogP contribution in [-0.2, 0) is 9.47 Å². The molecular formula is C17H34IN3O2S. The molecule has 0 aromatic rings. The largest absolute Gasteiger partial charge is 0.381 e. The minimum atomic E-state index is 0. The van der Waals surface area contributed by atoms with Gasteiger partial charge in [-0.2, -0.15) is 11.8 Å². The molecule has 24 heavy (non-hydrogen) atoms. The van der Waals surface area contributed by atoms with Crippen molar-refractivity contribution in [3.8, 4) is 0 Å². The Balaban J connectivity index is 0.00000288. The zero-order valence-corrected chi connectivity index (χ0v) is 18.5. The topological polar surface area (TPSA) is 46.1 Å². The third-order valence-electron chi connectivity index (χ3n) is 4.62. The summed E-state index contributed by atoms with van der Waals surface area (Å²) >= 11 is 2.05. The first-order valence-electron chi connectivity index (χ1n) is 8.90. The summed E-state index contributed by atoms with van der Waals surface area (Å²) in [6.45, 7) is 7.51. The Morgan fingerprint density at radius 1 is 1.38 bits per heavy atom. The molecule has 7 heteroatoms. The molecule has 1 saturated carbocycles. The summed E-state index contributed by atoms with van der Waals surface area (Å²) in [5.74, 6) is 2.94. The lowest BCUT2D eigenvalue weighted by Gasteiger charge is -2.37. The van der Waals surface area contributed by atoms with E-state index in [-0.39, 0.29) is 28.7 Å². The number of nitrogens with zero attached hydrogens (tertiary/aromatic N) is 2. The van der Waals surface area contributed by atoms with Gasteiger partial charge in [0.2, 0.25) is 0 Å². The van der Waals surface area contributed by atoms with Gasteiger partial charge < -0.3 is 19.7 Å². The number of nitrogens with one attached hydrogen (secondary N) is 1. The molecule has 0 unspecified atom stereocenters. The van der Waals surface area contributed by atoms with E-state index < -0.39 is 0 Å². The second-order valence-electron chi connectivity index (χ2n) is 6.57. The fraction of sp³-hybridized carbons (Fsp3) is 0.941. The molecule has 2 rings (SSSR count). The van der Waals surface area contributed by atoms with Crippen LogP contribution in [0.5, 0.6) is 0 Å². The molecule has 0 aromatic heterocycles. The third-order valence-corrected chi connectivity index (χ3v) is 6.07. The van der Waals surface area contributed by atoms with Crippen molar-refractivity contribution in [3.05, 3.63) is 0 Å². The molecule has 1 aliphatic heterocycles. The summed E-state index contributed by atoms with van der Waals surface area (Å²) < 4.78 is 11.6. The van der Waals surface area contributed by atoms with Gasteiger partial charge in [-0.25, -0.2) is 0 Å². The average molecular weight is 471 g/mol. The van der Waals surface area contributed by atoms with Crippen LogP contribution in [0.25, 0.3) is 0 Å². The van der Waals surface area contributed by atoms with Crippen molar-refractivity contribution < 1.29 is 9.47 Å². The Morgan fingerprint density at radius 2 is 2.08 bits per heavy atom. The molecule has 1 aliphatic carbocycles. The van der Waals surface area contributed by atoms with E-state index >= 15 is 0 Å². The SMILES string of the molecule is CCSC1(CNC(=NC)N(C)CCOCC2CC2)CCOCC1.I. The molecule has 0 spiro atoms. The number of halogens is 1. The number of thioether (sulfide) groups is 1. The predicted molar refractivity (Wildman–Crippen MR) is 114 cm³/mol.